The Balaban J connectivity index is 1.85. The third kappa shape index (κ3) is 5.42. The van der Waals surface area contributed by atoms with E-state index in [0.29, 0.717) is 30.1 Å². The Morgan fingerprint density at radius 3 is 2.60 bits per heavy atom. The molecule has 8 heteroatoms. The molecule has 4 N–H and O–H groups in total. The Morgan fingerprint density at radius 1 is 1.10 bits per heavy atom. The van der Waals surface area contributed by atoms with Crippen LogP contribution in [0, 0.1) is 0 Å². The van der Waals surface area contributed by atoms with Gasteiger partial charge in [0, 0.05) is 60.8 Å². The van der Waals surface area contributed by atoms with Gasteiger partial charge in [0.15, 0.2) is 0 Å². The molecule has 2 aromatic carbocycles. The maximum absolute atomic E-state index is 13.5. The third-order valence-corrected chi connectivity index (χ3v) is 6.44. The van der Waals surface area contributed by atoms with Crippen LogP contribution in [0.5, 0.6) is 0 Å². The number of anilines is 2. The van der Waals surface area contributed by atoms with Crippen molar-refractivity contribution >= 4 is 23.1 Å². The molecule has 0 unspecified atom stereocenters. The van der Waals surface area contributed by atoms with Crippen molar-refractivity contribution in [3.8, 4) is 0 Å². The fourth-order valence-corrected chi connectivity index (χ4v) is 4.60. The maximum atomic E-state index is 13.5. The summed E-state index contributed by atoms with van der Waals surface area (Å²) in [7, 11) is 2.01. The lowest BCUT2D eigenvalue weighted by atomic mass is 9.99. The first kappa shape index (κ1) is 22.8. The van der Waals surface area contributed by atoms with Gasteiger partial charge < -0.3 is 21.3 Å². The fraction of sp³-hybridized carbons (Fsp3) is 0.455. The molecule has 0 aliphatic carbocycles. The van der Waals surface area contributed by atoms with Gasteiger partial charge >= 0.3 is 6.18 Å². The molecule has 2 aromatic rings. The number of fused-ring (bicyclic) bond motifs is 2. The van der Waals surface area contributed by atoms with Crippen molar-refractivity contribution in [2.24, 2.45) is 5.73 Å². The molecule has 0 bridgehead atoms. The Kier molecular flexibility index (Phi) is 7.55. The molecule has 0 atom stereocenters. The quantitative estimate of drug-likeness (QED) is 0.428. The number of alkyl halides is 3. The van der Waals surface area contributed by atoms with Crippen molar-refractivity contribution < 1.29 is 13.2 Å². The van der Waals surface area contributed by atoms with E-state index in [1.54, 1.807) is 0 Å². The first-order valence-corrected chi connectivity index (χ1v) is 11.1. The highest BCUT2D eigenvalue weighted by molar-refractivity contribution is 7.99. The van der Waals surface area contributed by atoms with Crippen LogP contribution in [0.2, 0.25) is 0 Å². The SMILES string of the molecule is CCN(C)c1ccc2c(c1)Sc1cc(C(F)(F)F)cc(NCCCNCCN)c1C2. The highest BCUT2D eigenvalue weighted by Crippen LogP contribution is 2.46. The van der Waals surface area contributed by atoms with Gasteiger partial charge in [0.25, 0.3) is 0 Å². The van der Waals surface area contributed by atoms with Gasteiger partial charge in [-0.25, -0.2) is 0 Å². The summed E-state index contributed by atoms with van der Waals surface area (Å²) in [5.41, 5.74) is 8.57. The predicted molar refractivity (Wildman–Crippen MR) is 119 cm³/mol. The molecule has 3 rings (SSSR count). The number of benzene rings is 2. The Labute approximate surface area is 180 Å². The Hall–Kier alpha value is -1.90. The van der Waals surface area contributed by atoms with Gasteiger partial charge in [0.1, 0.15) is 0 Å². The van der Waals surface area contributed by atoms with Crippen molar-refractivity contribution in [1.82, 2.24) is 5.32 Å². The molecular weight excluding hydrogens is 409 g/mol. The molecule has 1 aliphatic heterocycles. The standard InChI is InChI=1S/C22H29F3N4S/c1-3-29(2)17-6-5-15-11-18-19(28-9-4-8-27-10-7-26)12-16(22(23,24)25)13-21(18)30-20(15)14-17/h5-6,12-14,27-28H,3-4,7-11,26H2,1-2H3. The van der Waals surface area contributed by atoms with Gasteiger partial charge in [-0.05, 0) is 55.3 Å². The van der Waals surface area contributed by atoms with Gasteiger partial charge in [-0.2, -0.15) is 13.2 Å². The summed E-state index contributed by atoms with van der Waals surface area (Å²) in [5, 5.41) is 6.44. The number of hydrogen-bond acceptors (Lipinski definition) is 5. The van der Waals surface area contributed by atoms with Gasteiger partial charge in [0.05, 0.1) is 5.56 Å². The molecule has 30 heavy (non-hydrogen) atoms. The van der Waals surface area contributed by atoms with E-state index in [1.807, 2.05) is 7.05 Å². The van der Waals surface area contributed by atoms with Crippen molar-refractivity contribution in [3.05, 3.63) is 47.0 Å². The van der Waals surface area contributed by atoms with E-state index in [-0.39, 0.29) is 0 Å². The van der Waals surface area contributed by atoms with Gasteiger partial charge in [-0.1, -0.05) is 17.8 Å². The van der Waals surface area contributed by atoms with Crippen LogP contribution in [-0.4, -0.2) is 39.8 Å². The highest BCUT2D eigenvalue weighted by atomic mass is 32.2. The molecule has 0 amide bonds. The topological polar surface area (TPSA) is 53.3 Å². The number of halogens is 3. The number of rotatable bonds is 9. The molecular formula is C22H29F3N4S. The highest BCUT2D eigenvalue weighted by Gasteiger charge is 2.33. The zero-order chi connectivity index (χ0) is 21.7. The summed E-state index contributed by atoms with van der Waals surface area (Å²) in [4.78, 5) is 3.82. The smallest absolute Gasteiger partial charge is 0.385 e. The second-order valence-electron chi connectivity index (χ2n) is 7.40. The minimum absolute atomic E-state index is 0.570. The number of nitrogens with two attached hydrogens (primary N) is 1. The zero-order valence-electron chi connectivity index (χ0n) is 17.4. The van der Waals surface area contributed by atoms with Crippen molar-refractivity contribution in [2.75, 3.05) is 50.0 Å². The predicted octanol–water partition coefficient (Wildman–Crippen LogP) is 4.57. The molecule has 1 heterocycles. The lowest BCUT2D eigenvalue weighted by Crippen LogP contribution is -2.24. The average molecular weight is 439 g/mol. The van der Waals surface area contributed by atoms with E-state index in [1.165, 1.54) is 23.9 Å². The van der Waals surface area contributed by atoms with Gasteiger partial charge in [0.2, 0.25) is 0 Å². The average Bonchev–Trinajstić information content (AvgIpc) is 2.72. The van der Waals surface area contributed by atoms with Crippen LogP contribution in [0.25, 0.3) is 0 Å². The van der Waals surface area contributed by atoms with Crippen LogP contribution in [-0.2, 0) is 12.6 Å². The summed E-state index contributed by atoms with van der Waals surface area (Å²) in [6, 6.07) is 8.77. The van der Waals surface area contributed by atoms with Gasteiger partial charge in [-0.15, -0.1) is 0 Å². The summed E-state index contributed by atoms with van der Waals surface area (Å²) in [6.45, 7) is 5.62. The number of nitrogens with zero attached hydrogens (tertiary/aromatic N) is 1. The molecule has 0 fully saturated rings. The van der Waals surface area contributed by atoms with Crippen molar-refractivity contribution in [2.45, 2.75) is 35.7 Å². The van der Waals surface area contributed by atoms with E-state index in [0.717, 1.165) is 47.8 Å². The minimum atomic E-state index is -4.38. The first-order valence-electron chi connectivity index (χ1n) is 10.2. The minimum Gasteiger partial charge on any atom is -0.385 e. The molecule has 0 saturated heterocycles. The molecule has 0 saturated carbocycles. The first-order chi connectivity index (χ1) is 14.3. The van der Waals surface area contributed by atoms with E-state index in [2.05, 4.69) is 40.7 Å². The molecule has 164 valence electrons. The fourth-order valence-electron chi connectivity index (χ4n) is 3.42. The van der Waals surface area contributed by atoms with E-state index in [9.17, 15) is 13.2 Å². The molecule has 0 radical (unpaired) electrons. The molecule has 4 nitrogen and oxygen atoms in total. The zero-order valence-corrected chi connectivity index (χ0v) is 18.2. The maximum Gasteiger partial charge on any atom is 0.416 e. The summed E-state index contributed by atoms with van der Waals surface area (Å²) in [6.07, 6.45) is -2.94. The second-order valence-corrected chi connectivity index (χ2v) is 8.49. The van der Waals surface area contributed by atoms with Crippen molar-refractivity contribution in [3.63, 3.8) is 0 Å². The Morgan fingerprint density at radius 2 is 1.90 bits per heavy atom. The molecule has 0 spiro atoms. The van der Waals surface area contributed by atoms with Crippen molar-refractivity contribution in [1.29, 1.82) is 0 Å². The largest absolute Gasteiger partial charge is 0.416 e. The van der Waals surface area contributed by atoms with Crippen LogP contribution < -0.4 is 21.3 Å². The summed E-state index contributed by atoms with van der Waals surface area (Å²) in [5.74, 6) is 0. The van der Waals surface area contributed by atoms with Crippen LogP contribution in [0.4, 0.5) is 24.5 Å². The normalized spacial score (nSPS) is 13.0. The van der Waals surface area contributed by atoms with Crippen LogP contribution in [0.3, 0.4) is 0 Å². The van der Waals surface area contributed by atoms with Crippen LogP contribution in [0.15, 0.2) is 40.1 Å². The monoisotopic (exact) mass is 438 g/mol. The van der Waals surface area contributed by atoms with Crippen LogP contribution >= 0.6 is 11.8 Å². The lowest BCUT2D eigenvalue weighted by molar-refractivity contribution is -0.137. The lowest BCUT2D eigenvalue weighted by Gasteiger charge is -2.26. The Bertz CT molecular complexity index is 870. The molecule has 0 aromatic heterocycles. The van der Waals surface area contributed by atoms with E-state index in [4.69, 9.17) is 5.73 Å². The van der Waals surface area contributed by atoms with Gasteiger partial charge in [-0.3, -0.25) is 0 Å². The summed E-state index contributed by atoms with van der Waals surface area (Å²) < 4.78 is 40.5. The van der Waals surface area contributed by atoms with Crippen LogP contribution in [0.1, 0.15) is 30.0 Å². The van der Waals surface area contributed by atoms with E-state index < -0.39 is 11.7 Å². The number of nitrogens with one attached hydrogen (secondary N) is 2. The molecule has 1 aliphatic rings. The second kappa shape index (κ2) is 9.94. The third-order valence-electron chi connectivity index (χ3n) is 5.26. The van der Waals surface area contributed by atoms with E-state index >= 15 is 0 Å². The summed E-state index contributed by atoms with van der Waals surface area (Å²) >= 11 is 1.43. The number of hydrogen-bond donors (Lipinski definition) is 3.